The first-order chi connectivity index (χ1) is 12.1. The van der Waals surface area contributed by atoms with Crippen LogP contribution in [0.15, 0.2) is 67.0 Å². The number of rotatable bonds is 7. The number of nitrogens with one attached hydrogen (secondary N) is 1. The molecule has 0 saturated carbocycles. The van der Waals surface area contributed by atoms with Gasteiger partial charge >= 0.3 is 0 Å². The van der Waals surface area contributed by atoms with Crippen molar-refractivity contribution in [1.82, 2.24) is 14.9 Å². The van der Waals surface area contributed by atoms with Crippen molar-refractivity contribution in [2.24, 2.45) is 0 Å². The fourth-order valence-corrected chi connectivity index (χ4v) is 3.00. The van der Waals surface area contributed by atoms with Gasteiger partial charge in [-0.15, -0.1) is 0 Å². The monoisotopic (exact) mass is 355 g/mol. The fourth-order valence-electron chi connectivity index (χ4n) is 2.87. The molecular weight excluding hydrogens is 334 g/mol. The van der Waals surface area contributed by atoms with Gasteiger partial charge in [0, 0.05) is 24.0 Å². The number of aromatic amines is 1. The number of imidazole rings is 1. The van der Waals surface area contributed by atoms with Crippen molar-refractivity contribution in [2.75, 3.05) is 27.2 Å². The Morgan fingerprint density at radius 3 is 2.32 bits per heavy atom. The molecule has 0 radical (unpaired) electrons. The second-order valence-corrected chi connectivity index (χ2v) is 6.58. The van der Waals surface area contributed by atoms with E-state index < -0.39 is 5.60 Å². The van der Waals surface area contributed by atoms with Gasteiger partial charge in [-0.1, -0.05) is 54.1 Å². The first-order valence-electron chi connectivity index (χ1n) is 8.23. The van der Waals surface area contributed by atoms with Gasteiger partial charge in [-0.05, 0) is 37.4 Å². The van der Waals surface area contributed by atoms with E-state index >= 15 is 0 Å². The molecule has 0 aliphatic rings. The molecule has 2 aromatic carbocycles. The maximum absolute atomic E-state index is 6.52. The van der Waals surface area contributed by atoms with E-state index in [1.54, 1.807) is 6.20 Å². The van der Waals surface area contributed by atoms with E-state index in [1.165, 1.54) is 0 Å². The summed E-state index contributed by atoms with van der Waals surface area (Å²) in [7, 11) is 4.06. The minimum absolute atomic E-state index is 0.561. The van der Waals surface area contributed by atoms with Crippen LogP contribution in [0.4, 0.5) is 0 Å². The predicted molar refractivity (Wildman–Crippen MR) is 101 cm³/mol. The minimum atomic E-state index is -0.814. The van der Waals surface area contributed by atoms with Crippen LogP contribution in [0, 0.1) is 0 Å². The Morgan fingerprint density at radius 1 is 1.04 bits per heavy atom. The lowest BCUT2D eigenvalue weighted by Crippen LogP contribution is -2.36. The molecule has 0 aliphatic heterocycles. The molecule has 0 amide bonds. The van der Waals surface area contributed by atoms with Crippen LogP contribution >= 0.6 is 11.6 Å². The van der Waals surface area contributed by atoms with Crippen LogP contribution < -0.4 is 0 Å². The number of aromatic nitrogens is 2. The molecule has 1 unspecified atom stereocenters. The Balaban J connectivity index is 2.14. The highest BCUT2D eigenvalue weighted by molar-refractivity contribution is 6.30. The van der Waals surface area contributed by atoms with Crippen LogP contribution in [0.2, 0.25) is 5.02 Å². The standard InChI is InChI=1S/C20H22ClN3O/c1-24(2)14-15-25-20(19-22-12-13-23-19,16-6-4-3-5-7-16)17-8-10-18(21)11-9-17/h3-13H,14-15H2,1-2H3,(H,22,23). The molecule has 130 valence electrons. The van der Waals surface area contributed by atoms with E-state index in [-0.39, 0.29) is 0 Å². The van der Waals surface area contributed by atoms with Gasteiger partial charge in [0.05, 0.1) is 6.61 Å². The van der Waals surface area contributed by atoms with Gasteiger partial charge in [0.15, 0.2) is 5.60 Å². The van der Waals surface area contributed by atoms with Crippen molar-refractivity contribution in [1.29, 1.82) is 0 Å². The zero-order chi connectivity index (χ0) is 17.7. The van der Waals surface area contributed by atoms with Crippen LogP contribution in [0.5, 0.6) is 0 Å². The molecule has 25 heavy (non-hydrogen) atoms. The number of hydrogen-bond donors (Lipinski definition) is 1. The molecule has 5 heteroatoms. The third-order valence-electron chi connectivity index (χ3n) is 4.12. The van der Waals surface area contributed by atoms with Crippen LogP contribution in [0.1, 0.15) is 17.0 Å². The van der Waals surface area contributed by atoms with E-state index in [0.717, 1.165) is 23.5 Å². The number of hydrogen-bond acceptors (Lipinski definition) is 3. The Hall–Kier alpha value is -2.14. The first kappa shape index (κ1) is 17.7. The molecular formula is C20H22ClN3O. The van der Waals surface area contributed by atoms with Crippen LogP contribution in [0.3, 0.4) is 0 Å². The lowest BCUT2D eigenvalue weighted by Gasteiger charge is -2.34. The molecule has 0 fully saturated rings. The SMILES string of the molecule is CN(C)CCOC(c1ccccc1)(c1ccc(Cl)cc1)c1ncc[nH]1. The zero-order valence-corrected chi connectivity index (χ0v) is 15.2. The summed E-state index contributed by atoms with van der Waals surface area (Å²) in [6, 6.07) is 17.9. The summed E-state index contributed by atoms with van der Waals surface area (Å²) in [6.07, 6.45) is 3.57. The lowest BCUT2D eigenvalue weighted by molar-refractivity contribution is 0.000517. The van der Waals surface area contributed by atoms with Crippen molar-refractivity contribution in [3.05, 3.63) is 89.0 Å². The summed E-state index contributed by atoms with van der Waals surface area (Å²) >= 11 is 6.11. The highest BCUT2D eigenvalue weighted by Gasteiger charge is 2.40. The highest BCUT2D eigenvalue weighted by Crippen LogP contribution is 2.39. The largest absolute Gasteiger partial charge is 0.356 e. The topological polar surface area (TPSA) is 41.1 Å². The second-order valence-electron chi connectivity index (χ2n) is 6.14. The van der Waals surface area contributed by atoms with Crippen LogP contribution in [0.25, 0.3) is 0 Å². The van der Waals surface area contributed by atoms with Gasteiger partial charge in [0.25, 0.3) is 0 Å². The number of H-pyrrole nitrogens is 1. The molecule has 0 bridgehead atoms. The molecule has 3 rings (SSSR count). The molecule has 0 saturated heterocycles. The van der Waals surface area contributed by atoms with Crippen molar-refractivity contribution >= 4 is 11.6 Å². The van der Waals surface area contributed by atoms with E-state index in [2.05, 4.69) is 27.0 Å². The van der Waals surface area contributed by atoms with Crippen molar-refractivity contribution in [3.8, 4) is 0 Å². The summed E-state index contributed by atoms with van der Waals surface area (Å²) in [5.41, 5.74) is 1.19. The quantitative estimate of drug-likeness (QED) is 0.698. The number of halogens is 1. The second kappa shape index (κ2) is 7.83. The fraction of sp³-hybridized carbons (Fsp3) is 0.250. The molecule has 1 N–H and O–H groups in total. The lowest BCUT2D eigenvalue weighted by atomic mass is 9.85. The van der Waals surface area contributed by atoms with E-state index in [1.807, 2.05) is 62.8 Å². The molecule has 1 atom stereocenters. The third kappa shape index (κ3) is 3.76. The minimum Gasteiger partial charge on any atom is -0.356 e. The maximum atomic E-state index is 6.52. The van der Waals surface area contributed by atoms with E-state index in [4.69, 9.17) is 16.3 Å². The predicted octanol–water partition coefficient (Wildman–Crippen LogP) is 3.93. The smallest absolute Gasteiger partial charge is 0.175 e. The van der Waals surface area contributed by atoms with Gasteiger partial charge < -0.3 is 14.6 Å². The maximum Gasteiger partial charge on any atom is 0.175 e. The van der Waals surface area contributed by atoms with Crippen molar-refractivity contribution in [3.63, 3.8) is 0 Å². The molecule has 1 aromatic heterocycles. The molecule has 0 spiro atoms. The summed E-state index contributed by atoms with van der Waals surface area (Å²) in [6.45, 7) is 1.37. The number of likely N-dealkylation sites (N-methyl/N-ethyl adjacent to an activating group) is 1. The molecule has 1 heterocycles. The van der Waals surface area contributed by atoms with Gasteiger partial charge in [-0.3, -0.25) is 0 Å². The Labute approximate surface area is 153 Å². The number of ether oxygens (including phenoxy) is 1. The summed E-state index contributed by atoms with van der Waals surface area (Å²) in [5, 5.41) is 0.693. The van der Waals surface area contributed by atoms with Gasteiger partial charge in [-0.2, -0.15) is 0 Å². The van der Waals surface area contributed by atoms with Crippen LogP contribution in [-0.2, 0) is 10.3 Å². The Kier molecular flexibility index (Phi) is 5.53. The highest BCUT2D eigenvalue weighted by atomic mass is 35.5. The molecule has 4 nitrogen and oxygen atoms in total. The van der Waals surface area contributed by atoms with Gasteiger partial charge in [-0.25, -0.2) is 4.98 Å². The normalized spacial score (nSPS) is 13.8. The average molecular weight is 356 g/mol. The van der Waals surface area contributed by atoms with Gasteiger partial charge in [0.1, 0.15) is 5.82 Å². The Morgan fingerprint density at radius 2 is 1.72 bits per heavy atom. The van der Waals surface area contributed by atoms with Crippen LogP contribution in [-0.4, -0.2) is 42.1 Å². The van der Waals surface area contributed by atoms with Crippen molar-refractivity contribution < 1.29 is 4.74 Å². The summed E-state index contributed by atoms with van der Waals surface area (Å²) < 4.78 is 6.52. The van der Waals surface area contributed by atoms with E-state index in [0.29, 0.717) is 11.6 Å². The third-order valence-corrected chi connectivity index (χ3v) is 4.37. The van der Waals surface area contributed by atoms with E-state index in [9.17, 15) is 0 Å². The summed E-state index contributed by atoms with van der Waals surface area (Å²) in [5.74, 6) is 0.750. The average Bonchev–Trinajstić information content (AvgIpc) is 3.15. The summed E-state index contributed by atoms with van der Waals surface area (Å²) in [4.78, 5) is 9.88. The molecule has 0 aliphatic carbocycles. The number of benzene rings is 2. The van der Waals surface area contributed by atoms with Gasteiger partial charge in [0.2, 0.25) is 0 Å². The van der Waals surface area contributed by atoms with Crippen molar-refractivity contribution in [2.45, 2.75) is 5.60 Å². The molecule has 3 aromatic rings. The Bertz CT molecular complexity index is 772. The first-order valence-corrected chi connectivity index (χ1v) is 8.61. The zero-order valence-electron chi connectivity index (χ0n) is 14.4. The number of nitrogens with zero attached hydrogens (tertiary/aromatic N) is 2.